The molecule has 0 aliphatic heterocycles. The van der Waals surface area contributed by atoms with Crippen LogP contribution in [0.15, 0.2) is 39.2 Å². The molecule has 1 N–H and O–H groups in total. The van der Waals surface area contributed by atoms with Crippen LogP contribution in [0.3, 0.4) is 0 Å². The largest absolute Gasteiger partial charge is 0.383 e. The Kier molecular flexibility index (Phi) is 4.67. The third kappa shape index (κ3) is 3.32. The molecule has 2 aromatic heterocycles. The molecule has 0 fully saturated rings. The van der Waals surface area contributed by atoms with Crippen LogP contribution < -0.4 is 11.2 Å². The van der Waals surface area contributed by atoms with Crippen LogP contribution in [0.4, 0.5) is 0 Å². The Morgan fingerprint density at radius 1 is 1.16 bits per heavy atom. The van der Waals surface area contributed by atoms with E-state index in [1.165, 1.54) is 21.5 Å². The number of hydrogen-bond donors (Lipinski definition) is 1. The minimum absolute atomic E-state index is 0.0767. The molecule has 1 aromatic carbocycles. The van der Waals surface area contributed by atoms with Crippen LogP contribution in [-0.2, 0) is 16.7 Å². The third-order valence-corrected chi connectivity index (χ3v) is 5.19. The molecule has 5 nitrogen and oxygen atoms in total. The molecular weight excluding hydrogens is 336 g/mol. The zero-order valence-corrected chi connectivity index (χ0v) is 15.7. The van der Waals surface area contributed by atoms with Crippen molar-refractivity contribution in [2.75, 3.05) is 13.7 Å². The van der Waals surface area contributed by atoms with Crippen molar-refractivity contribution in [1.29, 1.82) is 0 Å². The highest BCUT2D eigenvalue weighted by atomic mass is 32.1. The maximum absolute atomic E-state index is 12.8. The van der Waals surface area contributed by atoms with Gasteiger partial charge in [0.05, 0.1) is 18.5 Å². The summed E-state index contributed by atoms with van der Waals surface area (Å²) in [6, 6.07) is 8.25. The molecule has 3 aromatic rings. The molecule has 25 heavy (non-hydrogen) atoms. The summed E-state index contributed by atoms with van der Waals surface area (Å²) in [7, 11) is 1.55. The summed E-state index contributed by atoms with van der Waals surface area (Å²) in [4.78, 5) is 28.4. The Morgan fingerprint density at radius 3 is 2.44 bits per heavy atom. The molecule has 0 bridgehead atoms. The van der Waals surface area contributed by atoms with Gasteiger partial charge in [0.15, 0.2) is 0 Å². The second-order valence-corrected chi connectivity index (χ2v) is 7.94. The van der Waals surface area contributed by atoms with Crippen molar-refractivity contribution < 1.29 is 4.74 Å². The number of nitrogens with zero attached hydrogens (tertiary/aromatic N) is 1. The molecule has 132 valence electrons. The average molecular weight is 358 g/mol. The Labute approximate surface area is 149 Å². The Hall–Kier alpha value is -2.18. The molecule has 0 saturated heterocycles. The lowest BCUT2D eigenvalue weighted by Gasteiger charge is -2.19. The van der Waals surface area contributed by atoms with E-state index in [-0.39, 0.29) is 17.5 Å². The number of nitrogens with one attached hydrogen (secondary N) is 1. The monoisotopic (exact) mass is 358 g/mol. The van der Waals surface area contributed by atoms with E-state index in [0.717, 1.165) is 11.1 Å². The fourth-order valence-electron chi connectivity index (χ4n) is 2.80. The van der Waals surface area contributed by atoms with Gasteiger partial charge in [-0.25, -0.2) is 4.79 Å². The van der Waals surface area contributed by atoms with E-state index in [0.29, 0.717) is 16.8 Å². The van der Waals surface area contributed by atoms with E-state index in [1.807, 2.05) is 17.5 Å². The van der Waals surface area contributed by atoms with Crippen molar-refractivity contribution in [3.63, 3.8) is 0 Å². The fourth-order valence-corrected chi connectivity index (χ4v) is 3.75. The number of fused-ring (bicyclic) bond motifs is 1. The SMILES string of the molecule is COCCn1c(=O)[nH]c2scc(-c3ccc(C(C)(C)C)cc3)c2c1=O. The number of rotatable bonds is 4. The zero-order valence-electron chi connectivity index (χ0n) is 14.9. The summed E-state index contributed by atoms with van der Waals surface area (Å²) < 4.78 is 6.20. The van der Waals surface area contributed by atoms with Crippen LogP contribution >= 0.6 is 11.3 Å². The first-order valence-electron chi connectivity index (χ1n) is 8.17. The van der Waals surface area contributed by atoms with E-state index < -0.39 is 5.69 Å². The number of hydrogen-bond acceptors (Lipinski definition) is 4. The van der Waals surface area contributed by atoms with Gasteiger partial charge in [0, 0.05) is 18.1 Å². The number of aromatic amines is 1. The van der Waals surface area contributed by atoms with Gasteiger partial charge in [-0.2, -0.15) is 0 Å². The summed E-state index contributed by atoms with van der Waals surface area (Å²) in [5.41, 5.74) is 2.47. The molecule has 0 unspecified atom stereocenters. The van der Waals surface area contributed by atoms with Crippen LogP contribution in [0, 0.1) is 0 Å². The van der Waals surface area contributed by atoms with Crippen molar-refractivity contribution in [1.82, 2.24) is 9.55 Å². The highest BCUT2D eigenvalue weighted by molar-refractivity contribution is 7.17. The molecule has 0 radical (unpaired) electrons. The molecule has 0 atom stereocenters. The maximum atomic E-state index is 12.8. The number of thiophene rings is 1. The van der Waals surface area contributed by atoms with Crippen molar-refractivity contribution in [3.8, 4) is 11.1 Å². The molecule has 0 aliphatic rings. The molecule has 0 aliphatic carbocycles. The second kappa shape index (κ2) is 6.61. The van der Waals surface area contributed by atoms with Gasteiger partial charge in [-0.15, -0.1) is 11.3 Å². The predicted octanol–water partition coefficient (Wildman–Crippen LogP) is 3.36. The zero-order chi connectivity index (χ0) is 18.2. The van der Waals surface area contributed by atoms with Crippen molar-refractivity contribution in [2.45, 2.75) is 32.7 Å². The van der Waals surface area contributed by atoms with E-state index in [2.05, 4.69) is 37.9 Å². The molecule has 3 rings (SSSR count). The van der Waals surface area contributed by atoms with Crippen LogP contribution in [0.25, 0.3) is 21.3 Å². The number of ether oxygens (including phenoxy) is 1. The van der Waals surface area contributed by atoms with Crippen molar-refractivity contribution in [2.24, 2.45) is 0 Å². The smallest absolute Gasteiger partial charge is 0.329 e. The summed E-state index contributed by atoms with van der Waals surface area (Å²) in [5, 5.41) is 2.48. The summed E-state index contributed by atoms with van der Waals surface area (Å²) in [5.74, 6) is 0. The van der Waals surface area contributed by atoms with Gasteiger partial charge in [-0.05, 0) is 16.5 Å². The molecule has 0 spiro atoms. The summed E-state index contributed by atoms with van der Waals surface area (Å²) in [6.45, 7) is 7.05. The van der Waals surface area contributed by atoms with Crippen LogP contribution in [-0.4, -0.2) is 23.3 Å². The quantitative estimate of drug-likeness (QED) is 0.778. The van der Waals surface area contributed by atoms with Crippen molar-refractivity contribution >= 4 is 21.6 Å². The number of H-pyrrole nitrogens is 1. The van der Waals surface area contributed by atoms with Crippen LogP contribution in [0.1, 0.15) is 26.3 Å². The summed E-state index contributed by atoms with van der Waals surface area (Å²) in [6.07, 6.45) is 0. The van der Waals surface area contributed by atoms with E-state index in [1.54, 1.807) is 7.11 Å². The fraction of sp³-hybridized carbons (Fsp3) is 0.368. The highest BCUT2D eigenvalue weighted by Crippen LogP contribution is 2.32. The second-order valence-electron chi connectivity index (χ2n) is 7.06. The first-order chi connectivity index (χ1) is 11.8. The number of benzene rings is 1. The Balaban J connectivity index is 2.14. The highest BCUT2D eigenvalue weighted by Gasteiger charge is 2.17. The Morgan fingerprint density at radius 2 is 1.84 bits per heavy atom. The lowest BCUT2D eigenvalue weighted by atomic mass is 9.86. The van der Waals surface area contributed by atoms with E-state index >= 15 is 0 Å². The van der Waals surface area contributed by atoms with Gasteiger partial charge >= 0.3 is 5.69 Å². The van der Waals surface area contributed by atoms with Gasteiger partial charge in [-0.3, -0.25) is 14.3 Å². The predicted molar refractivity (Wildman–Crippen MR) is 103 cm³/mol. The van der Waals surface area contributed by atoms with Gasteiger partial charge in [0.2, 0.25) is 0 Å². The van der Waals surface area contributed by atoms with E-state index in [4.69, 9.17) is 4.74 Å². The van der Waals surface area contributed by atoms with Gasteiger partial charge in [0.25, 0.3) is 5.56 Å². The molecule has 6 heteroatoms. The third-order valence-electron chi connectivity index (χ3n) is 4.30. The van der Waals surface area contributed by atoms with Crippen molar-refractivity contribution in [3.05, 3.63) is 56.0 Å². The number of aromatic nitrogens is 2. The average Bonchev–Trinajstić information content (AvgIpc) is 2.98. The maximum Gasteiger partial charge on any atom is 0.329 e. The summed E-state index contributed by atoms with van der Waals surface area (Å²) >= 11 is 1.38. The van der Waals surface area contributed by atoms with Gasteiger partial charge < -0.3 is 4.74 Å². The minimum Gasteiger partial charge on any atom is -0.383 e. The van der Waals surface area contributed by atoms with Gasteiger partial charge in [-0.1, -0.05) is 45.0 Å². The lowest BCUT2D eigenvalue weighted by Crippen LogP contribution is -2.35. The topological polar surface area (TPSA) is 64.1 Å². The Bertz CT molecular complexity index is 1000. The van der Waals surface area contributed by atoms with Gasteiger partial charge in [0.1, 0.15) is 4.83 Å². The van der Waals surface area contributed by atoms with Crippen LogP contribution in [0.5, 0.6) is 0 Å². The lowest BCUT2D eigenvalue weighted by molar-refractivity contribution is 0.185. The van der Waals surface area contributed by atoms with E-state index in [9.17, 15) is 9.59 Å². The normalized spacial score (nSPS) is 12.0. The minimum atomic E-state index is -0.397. The van der Waals surface area contributed by atoms with Crippen LogP contribution in [0.2, 0.25) is 0 Å². The molecule has 2 heterocycles. The molecule has 0 saturated carbocycles. The first-order valence-corrected chi connectivity index (χ1v) is 9.05. The first kappa shape index (κ1) is 17.6. The molecular formula is C19H22N2O3S. The standard InChI is InChI=1S/C19H22N2O3S/c1-19(2,3)13-7-5-12(6-8-13)14-11-25-16-15(14)17(22)21(9-10-24-4)18(23)20-16/h5-8,11H,9-10H2,1-4H3,(H,20,23). The molecule has 0 amide bonds. The number of methoxy groups -OCH3 is 1.